The SMILES string of the molecule is Cc1nccnc1N1CCC(C(C)O)CC1. The third-order valence-corrected chi connectivity index (χ3v) is 3.38. The van der Waals surface area contributed by atoms with Gasteiger partial charge in [0, 0.05) is 25.5 Å². The zero-order valence-corrected chi connectivity index (χ0v) is 9.93. The Morgan fingerprint density at radius 2 is 1.94 bits per heavy atom. The molecule has 0 bridgehead atoms. The maximum absolute atomic E-state index is 9.54. The van der Waals surface area contributed by atoms with Crippen LogP contribution in [0.15, 0.2) is 12.4 Å². The average Bonchev–Trinajstić information content (AvgIpc) is 2.30. The summed E-state index contributed by atoms with van der Waals surface area (Å²) in [5.74, 6) is 1.43. The van der Waals surface area contributed by atoms with Crippen molar-refractivity contribution in [3.05, 3.63) is 18.1 Å². The molecule has 4 nitrogen and oxygen atoms in total. The van der Waals surface area contributed by atoms with E-state index in [1.165, 1.54) is 0 Å². The van der Waals surface area contributed by atoms with Crippen molar-refractivity contribution in [3.8, 4) is 0 Å². The predicted octanol–water partition coefficient (Wildman–Crippen LogP) is 1.38. The molecule has 1 unspecified atom stereocenters. The van der Waals surface area contributed by atoms with E-state index >= 15 is 0 Å². The third-order valence-electron chi connectivity index (χ3n) is 3.38. The van der Waals surface area contributed by atoms with Gasteiger partial charge in [-0.1, -0.05) is 0 Å². The summed E-state index contributed by atoms with van der Waals surface area (Å²) in [4.78, 5) is 10.9. The van der Waals surface area contributed by atoms with Crippen LogP contribution in [-0.4, -0.2) is 34.3 Å². The highest BCUT2D eigenvalue weighted by Gasteiger charge is 2.24. The van der Waals surface area contributed by atoms with E-state index in [0.29, 0.717) is 5.92 Å². The molecule has 0 aromatic carbocycles. The van der Waals surface area contributed by atoms with Crippen LogP contribution in [0.25, 0.3) is 0 Å². The second-order valence-corrected chi connectivity index (χ2v) is 4.53. The number of piperidine rings is 1. The fourth-order valence-corrected chi connectivity index (χ4v) is 2.30. The normalized spacial score (nSPS) is 19.8. The van der Waals surface area contributed by atoms with Crippen LogP contribution in [0.2, 0.25) is 0 Å². The zero-order valence-electron chi connectivity index (χ0n) is 9.93. The summed E-state index contributed by atoms with van der Waals surface area (Å²) in [6, 6.07) is 0. The fraction of sp³-hybridized carbons (Fsp3) is 0.667. The number of aryl methyl sites for hydroxylation is 1. The summed E-state index contributed by atoms with van der Waals surface area (Å²) in [5, 5.41) is 9.54. The van der Waals surface area contributed by atoms with Crippen molar-refractivity contribution >= 4 is 5.82 Å². The molecule has 1 fully saturated rings. The molecule has 1 aromatic heterocycles. The van der Waals surface area contributed by atoms with Crippen LogP contribution < -0.4 is 4.90 Å². The Morgan fingerprint density at radius 1 is 1.31 bits per heavy atom. The van der Waals surface area contributed by atoms with Crippen LogP contribution in [-0.2, 0) is 0 Å². The minimum absolute atomic E-state index is 0.190. The van der Waals surface area contributed by atoms with Gasteiger partial charge in [-0.3, -0.25) is 4.98 Å². The Hall–Kier alpha value is -1.16. The van der Waals surface area contributed by atoms with Gasteiger partial charge in [-0.15, -0.1) is 0 Å². The second-order valence-electron chi connectivity index (χ2n) is 4.53. The monoisotopic (exact) mass is 221 g/mol. The van der Waals surface area contributed by atoms with E-state index in [1.54, 1.807) is 12.4 Å². The average molecular weight is 221 g/mol. The van der Waals surface area contributed by atoms with E-state index in [9.17, 15) is 5.11 Å². The van der Waals surface area contributed by atoms with E-state index in [4.69, 9.17) is 0 Å². The fourth-order valence-electron chi connectivity index (χ4n) is 2.30. The molecule has 4 heteroatoms. The molecule has 0 radical (unpaired) electrons. The van der Waals surface area contributed by atoms with E-state index in [-0.39, 0.29) is 6.10 Å². The van der Waals surface area contributed by atoms with Gasteiger partial charge in [-0.25, -0.2) is 4.98 Å². The third kappa shape index (κ3) is 2.32. The highest BCUT2D eigenvalue weighted by Crippen LogP contribution is 2.24. The number of aromatic nitrogens is 2. The van der Waals surface area contributed by atoms with Crippen molar-refractivity contribution in [1.29, 1.82) is 0 Å². The van der Waals surface area contributed by atoms with Gasteiger partial charge in [-0.05, 0) is 32.6 Å². The van der Waals surface area contributed by atoms with Gasteiger partial charge >= 0.3 is 0 Å². The lowest BCUT2D eigenvalue weighted by Crippen LogP contribution is -2.37. The van der Waals surface area contributed by atoms with Gasteiger partial charge in [0.15, 0.2) is 0 Å². The topological polar surface area (TPSA) is 49.2 Å². The van der Waals surface area contributed by atoms with E-state index < -0.39 is 0 Å². The lowest BCUT2D eigenvalue weighted by atomic mass is 9.92. The summed E-state index contributed by atoms with van der Waals surface area (Å²) < 4.78 is 0. The lowest BCUT2D eigenvalue weighted by Gasteiger charge is -2.34. The maximum atomic E-state index is 9.54. The maximum Gasteiger partial charge on any atom is 0.150 e. The number of rotatable bonds is 2. The van der Waals surface area contributed by atoms with Crippen molar-refractivity contribution in [2.45, 2.75) is 32.8 Å². The summed E-state index contributed by atoms with van der Waals surface area (Å²) >= 11 is 0. The van der Waals surface area contributed by atoms with Crippen molar-refractivity contribution in [2.75, 3.05) is 18.0 Å². The first-order valence-corrected chi connectivity index (χ1v) is 5.89. The minimum atomic E-state index is -0.190. The highest BCUT2D eigenvalue weighted by atomic mass is 16.3. The number of hydrogen-bond donors (Lipinski definition) is 1. The molecule has 1 atom stereocenters. The van der Waals surface area contributed by atoms with E-state index in [2.05, 4.69) is 14.9 Å². The Balaban J connectivity index is 2.02. The Labute approximate surface area is 96.3 Å². The molecule has 0 amide bonds. The largest absolute Gasteiger partial charge is 0.393 e. The molecule has 1 aromatic rings. The summed E-state index contributed by atoms with van der Waals surface area (Å²) in [7, 11) is 0. The van der Waals surface area contributed by atoms with Crippen LogP contribution >= 0.6 is 0 Å². The van der Waals surface area contributed by atoms with Crippen molar-refractivity contribution in [2.24, 2.45) is 5.92 Å². The first kappa shape index (κ1) is 11.3. The van der Waals surface area contributed by atoms with Crippen molar-refractivity contribution in [3.63, 3.8) is 0 Å². The molecule has 16 heavy (non-hydrogen) atoms. The number of nitrogens with zero attached hydrogens (tertiary/aromatic N) is 3. The molecule has 1 aliphatic rings. The van der Waals surface area contributed by atoms with Crippen molar-refractivity contribution < 1.29 is 5.11 Å². The summed E-state index contributed by atoms with van der Waals surface area (Å²) in [6.45, 7) is 5.81. The molecule has 2 heterocycles. The Morgan fingerprint density at radius 3 is 2.50 bits per heavy atom. The highest BCUT2D eigenvalue weighted by molar-refractivity contribution is 5.42. The molecule has 1 N–H and O–H groups in total. The van der Waals surface area contributed by atoms with Gasteiger partial charge in [0.25, 0.3) is 0 Å². The van der Waals surface area contributed by atoms with Gasteiger partial charge in [0.2, 0.25) is 0 Å². The van der Waals surface area contributed by atoms with Crippen LogP contribution in [0, 0.1) is 12.8 Å². The van der Waals surface area contributed by atoms with E-state index in [1.807, 2.05) is 13.8 Å². The van der Waals surface area contributed by atoms with Gasteiger partial charge in [-0.2, -0.15) is 0 Å². The van der Waals surface area contributed by atoms with Crippen molar-refractivity contribution in [1.82, 2.24) is 9.97 Å². The predicted molar refractivity (Wildman–Crippen MR) is 63.4 cm³/mol. The number of aliphatic hydroxyl groups excluding tert-OH is 1. The van der Waals surface area contributed by atoms with Gasteiger partial charge < -0.3 is 10.0 Å². The minimum Gasteiger partial charge on any atom is -0.393 e. The standard InChI is InChI=1S/C12H19N3O/c1-9-12(14-6-5-13-9)15-7-3-11(4-8-15)10(2)16/h5-6,10-11,16H,3-4,7-8H2,1-2H3. The zero-order chi connectivity index (χ0) is 11.5. The molecule has 0 aliphatic carbocycles. The molecule has 0 saturated carbocycles. The molecule has 1 saturated heterocycles. The number of aliphatic hydroxyl groups is 1. The Kier molecular flexibility index (Phi) is 3.39. The van der Waals surface area contributed by atoms with Gasteiger partial charge in [0.05, 0.1) is 11.8 Å². The van der Waals surface area contributed by atoms with Crippen LogP contribution in [0.1, 0.15) is 25.5 Å². The molecule has 88 valence electrons. The van der Waals surface area contributed by atoms with Crippen LogP contribution in [0.5, 0.6) is 0 Å². The molecule has 2 rings (SSSR count). The molecule has 1 aliphatic heterocycles. The lowest BCUT2D eigenvalue weighted by molar-refractivity contribution is 0.109. The molecular weight excluding hydrogens is 202 g/mol. The smallest absolute Gasteiger partial charge is 0.150 e. The molecular formula is C12H19N3O. The first-order valence-electron chi connectivity index (χ1n) is 5.89. The summed E-state index contributed by atoms with van der Waals surface area (Å²) in [6.07, 6.45) is 5.34. The quantitative estimate of drug-likeness (QED) is 0.819. The molecule has 0 spiro atoms. The summed E-state index contributed by atoms with van der Waals surface area (Å²) in [5.41, 5.74) is 0.984. The Bertz CT molecular complexity index is 346. The first-order chi connectivity index (χ1) is 7.68. The van der Waals surface area contributed by atoms with E-state index in [0.717, 1.165) is 37.4 Å². The number of hydrogen-bond acceptors (Lipinski definition) is 4. The van der Waals surface area contributed by atoms with Gasteiger partial charge in [0.1, 0.15) is 5.82 Å². The number of anilines is 1. The van der Waals surface area contributed by atoms with Crippen LogP contribution in [0.4, 0.5) is 5.82 Å². The van der Waals surface area contributed by atoms with Crippen LogP contribution in [0.3, 0.4) is 0 Å². The second kappa shape index (κ2) is 4.78.